The average Bonchev–Trinajstić information content (AvgIpc) is 2.89. The molecule has 1 aliphatic heterocycles. The van der Waals surface area contributed by atoms with Gasteiger partial charge in [-0.2, -0.15) is 0 Å². The average molecular weight is 323 g/mol. The van der Waals surface area contributed by atoms with Crippen molar-refractivity contribution in [2.24, 2.45) is 4.99 Å². The second-order valence-electron chi connectivity index (χ2n) is 5.50. The lowest BCUT2D eigenvalue weighted by molar-refractivity contribution is -0.152. The summed E-state index contributed by atoms with van der Waals surface area (Å²) in [6, 6.07) is 5.55. The third kappa shape index (κ3) is 3.38. The number of ether oxygens (including phenoxy) is 3. The van der Waals surface area contributed by atoms with E-state index in [2.05, 4.69) is 4.99 Å². The third-order valence-corrected chi connectivity index (χ3v) is 4.55. The van der Waals surface area contributed by atoms with E-state index >= 15 is 0 Å². The summed E-state index contributed by atoms with van der Waals surface area (Å²) >= 11 is 1.53. The van der Waals surface area contributed by atoms with Gasteiger partial charge in [0, 0.05) is 17.4 Å². The van der Waals surface area contributed by atoms with Crippen molar-refractivity contribution in [2.45, 2.75) is 32.4 Å². The lowest BCUT2D eigenvalue weighted by Gasteiger charge is -2.19. The maximum absolute atomic E-state index is 12.2. The lowest BCUT2D eigenvalue weighted by atomic mass is 10.1. The first-order chi connectivity index (χ1) is 10.4. The van der Waals surface area contributed by atoms with Gasteiger partial charge in [-0.1, -0.05) is 0 Å². The molecule has 1 aromatic carbocycles. The van der Waals surface area contributed by atoms with Gasteiger partial charge in [-0.15, -0.1) is 11.8 Å². The molecule has 0 radical (unpaired) electrons. The standard InChI is InChI=1S/C16H21NO4S/c1-10(2)21-15(18)16(3)9-22-14(17-16)12-7-6-11(19-4)8-13(12)20-5/h6-8,10H,9H2,1-5H3/t16-/m1/s1. The molecule has 0 N–H and O–H groups in total. The molecule has 120 valence electrons. The van der Waals surface area contributed by atoms with Gasteiger partial charge in [-0.3, -0.25) is 4.99 Å². The molecule has 1 aromatic rings. The van der Waals surface area contributed by atoms with Crippen LogP contribution in [0.25, 0.3) is 0 Å². The van der Waals surface area contributed by atoms with Crippen LogP contribution in [0.15, 0.2) is 23.2 Å². The van der Waals surface area contributed by atoms with Gasteiger partial charge in [-0.05, 0) is 32.9 Å². The predicted octanol–water partition coefficient (Wildman–Crippen LogP) is 2.91. The Morgan fingerprint density at radius 1 is 1.32 bits per heavy atom. The smallest absolute Gasteiger partial charge is 0.334 e. The number of hydrogen-bond donors (Lipinski definition) is 0. The quantitative estimate of drug-likeness (QED) is 0.780. The fourth-order valence-electron chi connectivity index (χ4n) is 2.06. The van der Waals surface area contributed by atoms with Crippen LogP contribution in [-0.4, -0.2) is 42.6 Å². The topological polar surface area (TPSA) is 57.1 Å². The largest absolute Gasteiger partial charge is 0.497 e. The van der Waals surface area contributed by atoms with Crippen LogP contribution in [0.3, 0.4) is 0 Å². The van der Waals surface area contributed by atoms with E-state index in [0.29, 0.717) is 17.3 Å². The van der Waals surface area contributed by atoms with Gasteiger partial charge in [0.2, 0.25) is 0 Å². The lowest BCUT2D eigenvalue weighted by Crippen LogP contribution is -2.37. The fourth-order valence-corrected chi connectivity index (χ4v) is 3.25. The number of benzene rings is 1. The summed E-state index contributed by atoms with van der Waals surface area (Å²) in [6.45, 7) is 5.47. The Kier molecular flexibility index (Phi) is 5.01. The first-order valence-corrected chi connectivity index (χ1v) is 8.04. The van der Waals surface area contributed by atoms with Crippen LogP contribution in [0.4, 0.5) is 0 Å². The Hall–Kier alpha value is -1.69. The summed E-state index contributed by atoms with van der Waals surface area (Å²) in [5, 5.41) is 0.780. The van der Waals surface area contributed by atoms with Crippen LogP contribution >= 0.6 is 11.8 Å². The van der Waals surface area contributed by atoms with Gasteiger partial charge < -0.3 is 14.2 Å². The number of carbonyl (C=O) groups is 1. The van der Waals surface area contributed by atoms with Gasteiger partial charge in [0.15, 0.2) is 5.54 Å². The van der Waals surface area contributed by atoms with Crippen molar-refractivity contribution in [3.05, 3.63) is 23.8 Å². The molecule has 1 atom stereocenters. The molecule has 1 heterocycles. The number of aliphatic imine (C=N–C) groups is 1. The van der Waals surface area contributed by atoms with E-state index < -0.39 is 5.54 Å². The van der Waals surface area contributed by atoms with Crippen molar-refractivity contribution in [3.63, 3.8) is 0 Å². The maximum atomic E-state index is 12.2. The van der Waals surface area contributed by atoms with Crippen LogP contribution in [0, 0.1) is 0 Å². The molecule has 6 heteroatoms. The minimum Gasteiger partial charge on any atom is -0.497 e. The van der Waals surface area contributed by atoms with E-state index in [-0.39, 0.29) is 12.1 Å². The zero-order chi connectivity index (χ0) is 16.3. The number of thioether (sulfide) groups is 1. The monoisotopic (exact) mass is 323 g/mol. The Labute approximate surface area is 135 Å². The summed E-state index contributed by atoms with van der Waals surface area (Å²) in [5.41, 5.74) is 0.00392. The molecule has 1 aliphatic rings. The highest BCUT2D eigenvalue weighted by Crippen LogP contribution is 2.36. The van der Waals surface area contributed by atoms with Crippen molar-refractivity contribution < 1.29 is 19.0 Å². The fraction of sp³-hybridized carbons (Fsp3) is 0.500. The Balaban J connectivity index is 2.31. The third-order valence-electron chi connectivity index (χ3n) is 3.26. The summed E-state index contributed by atoms with van der Waals surface area (Å²) in [7, 11) is 3.21. The number of nitrogens with zero attached hydrogens (tertiary/aromatic N) is 1. The molecule has 0 aliphatic carbocycles. The van der Waals surface area contributed by atoms with Gasteiger partial charge in [-0.25, -0.2) is 4.79 Å². The van der Waals surface area contributed by atoms with Crippen molar-refractivity contribution in [2.75, 3.05) is 20.0 Å². The summed E-state index contributed by atoms with van der Waals surface area (Å²) in [6.07, 6.45) is -0.149. The summed E-state index contributed by atoms with van der Waals surface area (Å²) < 4.78 is 15.9. The number of esters is 1. The molecule has 0 bridgehead atoms. The van der Waals surface area contributed by atoms with Crippen molar-refractivity contribution in [3.8, 4) is 11.5 Å². The van der Waals surface area contributed by atoms with Gasteiger partial charge >= 0.3 is 5.97 Å². The van der Waals surface area contributed by atoms with Gasteiger partial charge in [0.25, 0.3) is 0 Å². The minimum atomic E-state index is -0.852. The molecule has 22 heavy (non-hydrogen) atoms. The first kappa shape index (κ1) is 16.7. The molecule has 5 nitrogen and oxygen atoms in total. The molecule has 0 amide bonds. The summed E-state index contributed by atoms with van der Waals surface area (Å²) in [5.74, 6) is 1.65. The second-order valence-corrected chi connectivity index (χ2v) is 6.46. The predicted molar refractivity (Wildman–Crippen MR) is 88.2 cm³/mol. The van der Waals surface area contributed by atoms with Gasteiger partial charge in [0.05, 0.1) is 20.3 Å². The minimum absolute atomic E-state index is 0.149. The van der Waals surface area contributed by atoms with E-state index in [9.17, 15) is 4.79 Å². The number of hydrogen-bond acceptors (Lipinski definition) is 6. The second kappa shape index (κ2) is 6.60. The normalized spacial score (nSPS) is 20.7. The van der Waals surface area contributed by atoms with Crippen LogP contribution in [0.2, 0.25) is 0 Å². The molecular formula is C16H21NO4S. The Morgan fingerprint density at radius 2 is 2.05 bits per heavy atom. The van der Waals surface area contributed by atoms with Crippen LogP contribution in [0.5, 0.6) is 11.5 Å². The molecule has 0 fully saturated rings. The van der Waals surface area contributed by atoms with Crippen LogP contribution < -0.4 is 9.47 Å². The first-order valence-electron chi connectivity index (χ1n) is 7.05. The number of methoxy groups -OCH3 is 2. The summed E-state index contributed by atoms with van der Waals surface area (Å²) in [4.78, 5) is 16.8. The molecule has 0 saturated heterocycles. The van der Waals surface area contributed by atoms with E-state index in [0.717, 1.165) is 10.6 Å². The molecule has 0 aromatic heterocycles. The number of carbonyl (C=O) groups excluding carboxylic acids is 1. The van der Waals surface area contributed by atoms with Crippen molar-refractivity contribution in [1.82, 2.24) is 0 Å². The van der Waals surface area contributed by atoms with E-state index in [1.165, 1.54) is 11.8 Å². The molecule has 2 rings (SSSR count). The SMILES string of the molecule is COc1ccc(C2=N[C@@](C)(C(=O)OC(C)C)CS2)c(OC)c1. The van der Waals surface area contributed by atoms with Crippen LogP contribution in [0.1, 0.15) is 26.3 Å². The van der Waals surface area contributed by atoms with E-state index in [4.69, 9.17) is 14.2 Å². The van der Waals surface area contributed by atoms with E-state index in [1.54, 1.807) is 27.2 Å². The van der Waals surface area contributed by atoms with Gasteiger partial charge in [0.1, 0.15) is 16.5 Å². The van der Waals surface area contributed by atoms with Crippen LogP contribution in [-0.2, 0) is 9.53 Å². The van der Waals surface area contributed by atoms with Crippen molar-refractivity contribution in [1.29, 1.82) is 0 Å². The molecule has 0 saturated carbocycles. The highest BCUT2D eigenvalue weighted by atomic mass is 32.2. The highest BCUT2D eigenvalue weighted by molar-refractivity contribution is 8.14. The molecule has 0 spiro atoms. The van der Waals surface area contributed by atoms with Crippen molar-refractivity contribution >= 4 is 22.8 Å². The Bertz CT molecular complexity index is 600. The van der Waals surface area contributed by atoms with E-state index in [1.807, 2.05) is 26.0 Å². The molecular weight excluding hydrogens is 302 g/mol. The molecule has 0 unspecified atom stereocenters. The number of rotatable bonds is 5. The maximum Gasteiger partial charge on any atom is 0.334 e. The highest BCUT2D eigenvalue weighted by Gasteiger charge is 2.40. The zero-order valence-electron chi connectivity index (χ0n) is 13.5. The zero-order valence-corrected chi connectivity index (χ0v) is 14.3. The Morgan fingerprint density at radius 3 is 2.64 bits per heavy atom.